The van der Waals surface area contributed by atoms with Crippen molar-refractivity contribution in [1.82, 2.24) is 15.1 Å². The Labute approximate surface area is 129 Å². The van der Waals surface area contributed by atoms with Crippen LogP contribution in [-0.4, -0.2) is 23.1 Å². The SMILES string of the molecule is CNC(Cc1c(Cl)c(C)nn1C)c1ccccc1SC. The van der Waals surface area contributed by atoms with Gasteiger partial charge in [-0.2, -0.15) is 5.10 Å². The van der Waals surface area contributed by atoms with Gasteiger partial charge in [0, 0.05) is 24.4 Å². The van der Waals surface area contributed by atoms with Crippen LogP contribution in [0.25, 0.3) is 0 Å². The van der Waals surface area contributed by atoms with E-state index in [-0.39, 0.29) is 6.04 Å². The monoisotopic (exact) mass is 309 g/mol. The zero-order valence-corrected chi connectivity index (χ0v) is 13.8. The van der Waals surface area contributed by atoms with Crippen molar-refractivity contribution in [2.75, 3.05) is 13.3 Å². The molecule has 0 amide bonds. The molecule has 1 atom stereocenters. The van der Waals surface area contributed by atoms with Crippen molar-refractivity contribution < 1.29 is 0 Å². The number of aryl methyl sites for hydroxylation is 2. The Balaban J connectivity index is 2.34. The summed E-state index contributed by atoms with van der Waals surface area (Å²) in [4.78, 5) is 1.29. The van der Waals surface area contributed by atoms with E-state index in [0.29, 0.717) is 0 Å². The van der Waals surface area contributed by atoms with Gasteiger partial charge in [-0.1, -0.05) is 29.8 Å². The van der Waals surface area contributed by atoms with Gasteiger partial charge in [0.2, 0.25) is 0 Å². The maximum atomic E-state index is 6.36. The molecule has 108 valence electrons. The van der Waals surface area contributed by atoms with Crippen LogP contribution in [-0.2, 0) is 13.5 Å². The Morgan fingerprint density at radius 1 is 1.40 bits per heavy atom. The minimum atomic E-state index is 0.228. The highest BCUT2D eigenvalue weighted by Gasteiger charge is 2.19. The molecule has 1 aromatic heterocycles. The fourth-order valence-electron chi connectivity index (χ4n) is 2.42. The highest BCUT2D eigenvalue weighted by atomic mass is 35.5. The standard InChI is InChI=1S/C15H20ClN3S/c1-10-15(16)13(19(3)18-10)9-12(17-2)11-7-5-6-8-14(11)20-4/h5-8,12,17H,9H2,1-4H3. The predicted molar refractivity (Wildman–Crippen MR) is 86.7 cm³/mol. The van der Waals surface area contributed by atoms with E-state index in [9.17, 15) is 0 Å². The molecule has 1 unspecified atom stereocenters. The van der Waals surface area contributed by atoms with E-state index in [1.807, 2.05) is 25.7 Å². The maximum Gasteiger partial charge on any atom is 0.0847 e. The van der Waals surface area contributed by atoms with Gasteiger partial charge in [0.1, 0.15) is 0 Å². The summed E-state index contributed by atoms with van der Waals surface area (Å²) in [7, 11) is 3.93. The van der Waals surface area contributed by atoms with Gasteiger partial charge >= 0.3 is 0 Å². The van der Waals surface area contributed by atoms with E-state index in [0.717, 1.165) is 22.8 Å². The van der Waals surface area contributed by atoms with Crippen molar-refractivity contribution in [2.45, 2.75) is 24.3 Å². The van der Waals surface area contributed by atoms with E-state index in [1.165, 1.54) is 10.5 Å². The number of likely N-dealkylation sites (N-methyl/N-ethyl adjacent to an activating group) is 1. The third kappa shape index (κ3) is 3.03. The quantitative estimate of drug-likeness (QED) is 0.856. The van der Waals surface area contributed by atoms with Crippen LogP contribution in [0, 0.1) is 6.92 Å². The molecule has 0 aliphatic carbocycles. The summed E-state index contributed by atoms with van der Waals surface area (Å²) >= 11 is 8.13. The molecule has 0 radical (unpaired) electrons. The molecule has 0 bridgehead atoms. The van der Waals surface area contributed by atoms with Crippen LogP contribution in [0.5, 0.6) is 0 Å². The fourth-order valence-corrected chi connectivity index (χ4v) is 3.31. The van der Waals surface area contributed by atoms with Crippen molar-refractivity contribution in [1.29, 1.82) is 0 Å². The maximum absolute atomic E-state index is 6.36. The van der Waals surface area contributed by atoms with Gasteiger partial charge in [0.15, 0.2) is 0 Å². The van der Waals surface area contributed by atoms with Crippen molar-refractivity contribution in [2.24, 2.45) is 7.05 Å². The molecular weight excluding hydrogens is 290 g/mol. The molecule has 1 heterocycles. The first-order chi connectivity index (χ1) is 9.58. The Kier molecular flexibility index (Phi) is 5.13. The van der Waals surface area contributed by atoms with Crippen LogP contribution < -0.4 is 5.32 Å². The van der Waals surface area contributed by atoms with Crippen LogP contribution >= 0.6 is 23.4 Å². The molecule has 5 heteroatoms. The average molecular weight is 310 g/mol. The van der Waals surface area contributed by atoms with Crippen LogP contribution in [0.4, 0.5) is 0 Å². The first-order valence-electron chi connectivity index (χ1n) is 6.56. The number of aromatic nitrogens is 2. The molecule has 3 nitrogen and oxygen atoms in total. The Morgan fingerprint density at radius 2 is 2.10 bits per heavy atom. The van der Waals surface area contributed by atoms with E-state index in [2.05, 4.69) is 40.9 Å². The topological polar surface area (TPSA) is 29.9 Å². The lowest BCUT2D eigenvalue weighted by atomic mass is 10.0. The molecule has 1 N–H and O–H groups in total. The number of hydrogen-bond acceptors (Lipinski definition) is 3. The molecular formula is C15H20ClN3S. The average Bonchev–Trinajstić information content (AvgIpc) is 2.70. The van der Waals surface area contributed by atoms with Crippen molar-refractivity contribution in [3.63, 3.8) is 0 Å². The number of nitrogens with zero attached hydrogens (tertiary/aromatic N) is 2. The second-order valence-electron chi connectivity index (χ2n) is 4.76. The predicted octanol–water partition coefficient (Wildman–Crippen LogP) is 3.61. The Hall–Kier alpha value is -0.970. The van der Waals surface area contributed by atoms with E-state index in [4.69, 9.17) is 11.6 Å². The number of rotatable bonds is 5. The molecule has 0 aliphatic heterocycles. The van der Waals surface area contributed by atoms with E-state index < -0.39 is 0 Å². The number of benzene rings is 1. The second kappa shape index (κ2) is 6.66. The van der Waals surface area contributed by atoms with Crippen LogP contribution in [0.15, 0.2) is 29.2 Å². The van der Waals surface area contributed by atoms with Crippen molar-refractivity contribution in [3.8, 4) is 0 Å². The summed E-state index contributed by atoms with van der Waals surface area (Å²) in [5.41, 5.74) is 3.26. The largest absolute Gasteiger partial charge is 0.313 e. The lowest BCUT2D eigenvalue weighted by Crippen LogP contribution is -2.21. The van der Waals surface area contributed by atoms with Crippen molar-refractivity contribution in [3.05, 3.63) is 46.2 Å². The van der Waals surface area contributed by atoms with Gasteiger partial charge in [-0.15, -0.1) is 11.8 Å². The summed E-state index contributed by atoms with van der Waals surface area (Å²) in [6, 6.07) is 8.70. The minimum Gasteiger partial charge on any atom is -0.313 e. The number of thioether (sulfide) groups is 1. The van der Waals surface area contributed by atoms with E-state index >= 15 is 0 Å². The Morgan fingerprint density at radius 3 is 2.65 bits per heavy atom. The van der Waals surface area contributed by atoms with Crippen LogP contribution in [0.2, 0.25) is 5.02 Å². The fraction of sp³-hybridized carbons (Fsp3) is 0.400. The molecule has 0 spiro atoms. The molecule has 20 heavy (non-hydrogen) atoms. The third-order valence-electron chi connectivity index (χ3n) is 3.52. The second-order valence-corrected chi connectivity index (χ2v) is 5.98. The summed E-state index contributed by atoms with van der Waals surface area (Å²) in [6.07, 6.45) is 2.93. The van der Waals surface area contributed by atoms with Crippen LogP contribution in [0.1, 0.15) is 23.0 Å². The van der Waals surface area contributed by atoms with Crippen LogP contribution in [0.3, 0.4) is 0 Å². The zero-order valence-electron chi connectivity index (χ0n) is 12.3. The van der Waals surface area contributed by atoms with Gasteiger partial charge in [-0.05, 0) is 31.9 Å². The summed E-state index contributed by atoms with van der Waals surface area (Å²) in [5, 5.41) is 8.55. The van der Waals surface area contributed by atoms with Crippen molar-refractivity contribution >= 4 is 23.4 Å². The minimum absolute atomic E-state index is 0.228. The van der Waals surface area contributed by atoms with Gasteiger partial charge in [0.25, 0.3) is 0 Å². The third-order valence-corrected chi connectivity index (χ3v) is 4.83. The number of halogens is 1. The Bertz CT molecular complexity index is 595. The lowest BCUT2D eigenvalue weighted by Gasteiger charge is -2.19. The zero-order chi connectivity index (χ0) is 14.7. The molecule has 0 saturated heterocycles. The summed E-state index contributed by atoms with van der Waals surface area (Å²) < 4.78 is 1.88. The smallest absolute Gasteiger partial charge is 0.0847 e. The number of hydrogen-bond donors (Lipinski definition) is 1. The van der Waals surface area contributed by atoms with Gasteiger partial charge in [0.05, 0.1) is 16.4 Å². The molecule has 0 aliphatic rings. The first kappa shape index (κ1) is 15.4. The number of nitrogens with one attached hydrogen (secondary N) is 1. The normalized spacial score (nSPS) is 12.7. The summed E-state index contributed by atoms with van der Waals surface area (Å²) in [5.74, 6) is 0. The molecule has 2 rings (SSSR count). The molecule has 1 aromatic carbocycles. The highest BCUT2D eigenvalue weighted by Crippen LogP contribution is 2.30. The van der Waals surface area contributed by atoms with Gasteiger partial charge in [-0.3, -0.25) is 4.68 Å². The molecule has 0 saturated carbocycles. The highest BCUT2D eigenvalue weighted by molar-refractivity contribution is 7.98. The molecule has 2 aromatic rings. The lowest BCUT2D eigenvalue weighted by molar-refractivity contribution is 0.554. The van der Waals surface area contributed by atoms with Gasteiger partial charge in [-0.25, -0.2) is 0 Å². The summed E-state index contributed by atoms with van der Waals surface area (Å²) in [6.45, 7) is 1.94. The first-order valence-corrected chi connectivity index (χ1v) is 8.16. The van der Waals surface area contributed by atoms with Gasteiger partial charge < -0.3 is 5.32 Å². The van der Waals surface area contributed by atoms with E-state index in [1.54, 1.807) is 11.8 Å². The molecule has 0 fully saturated rings.